The topological polar surface area (TPSA) is 110 Å². The number of hydrogen-bond donors (Lipinski definition) is 3. The predicted octanol–water partition coefficient (Wildman–Crippen LogP) is 1.32. The van der Waals surface area contributed by atoms with E-state index in [1.54, 1.807) is 13.8 Å². The lowest BCUT2D eigenvalue weighted by Gasteiger charge is -2.29. The quantitative estimate of drug-likeness (QED) is 0.543. The van der Waals surface area contributed by atoms with Gasteiger partial charge in [-0.1, -0.05) is 19.9 Å². The van der Waals surface area contributed by atoms with E-state index in [0.29, 0.717) is 5.56 Å². The number of hydrogen-bond acceptors (Lipinski definition) is 5. The molecule has 0 amide bonds. The van der Waals surface area contributed by atoms with E-state index in [4.69, 9.17) is 5.73 Å². The molecule has 0 aliphatic rings. The Kier molecular flexibility index (Phi) is 3.69. The Morgan fingerprint density at radius 2 is 2.12 bits per heavy atom. The summed E-state index contributed by atoms with van der Waals surface area (Å²) in [6.07, 6.45) is 0. The summed E-state index contributed by atoms with van der Waals surface area (Å²) in [5.41, 5.74) is 5.47. The molecule has 17 heavy (non-hydrogen) atoms. The number of phenolic OH excluding ortho intramolecular Hbond substituents is 1. The molecule has 0 aliphatic carbocycles. The summed E-state index contributed by atoms with van der Waals surface area (Å²) in [4.78, 5) is 10.0. The molecule has 0 fully saturated rings. The number of nitrogens with two attached hydrogens (primary N) is 1. The van der Waals surface area contributed by atoms with Crippen LogP contribution in [0, 0.1) is 15.5 Å². The summed E-state index contributed by atoms with van der Waals surface area (Å²) in [7, 11) is 0. The van der Waals surface area contributed by atoms with E-state index >= 15 is 0 Å². The lowest BCUT2D eigenvalue weighted by Crippen LogP contribution is -2.32. The zero-order valence-corrected chi connectivity index (χ0v) is 9.75. The van der Waals surface area contributed by atoms with Gasteiger partial charge in [0.25, 0.3) is 0 Å². The first-order valence-electron chi connectivity index (χ1n) is 5.13. The van der Waals surface area contributed by atoms with Gasteiger partial charge in [0.05, 0.1) is 4.92 Å². The second-order valence-corrected chi connectivity index (χ2v) is 4.63. The smallest absolute Gasteiger partial charge is 0.311 e. The van der Waals surface area contributed by atoms with Crippen molar-refractivity contribution in [2.75, 3.05) is 6.61 Å². The molecule has 0 spiro atoms. The van der Waals surface area contributed by atoms with Crippen LogP contribution in [0.25, 0.3) is 0 Å². The molecule has 0 unspecified atom stereocenters. The highest BCUT2D eigenvalue weighted by Gasteiger charge is 2.28. The lowest BCUT2D eigenvalue weighted by atomic mass is 9.82. The van der Waals surface area contributed by atoms with Gasteiger partial charge < -0.3 is 15.9 Å². The minimum absolute atomic E-state index is 0.136. The van der Waals surface area contributed by atoms with Gasteiger partial charge in [0.2, 0.25) is 0 Å². The third kappa shape index (κ3) is 2.72. The Labute approximate surface area is 98.8 Å². The Balaban J connectivity index is 3.16. The molecule has 1 aromatic carbocycles. The average molecular weight is 240 g/mol. The summed E-state index contributed by atoms with van der Waals surface area (Å²) < 4.78 is 0. The number of nitro benzene ring substituents is 1. The molecule has 0 aromatic heterocycles. The Morgan fingerprint density at radius 3 is 2.59 bits per heavy atom. The van der Waals surface area contributed by atoms with Crippen LogP contribution >= 0.6 is 0 Å². The molecule has 1 rings (SSSR count). The number of aliphatic hydroxyl groups excluding tert-OH is 1. The van der Waals surface area contributed by atoms with Crippen molar-refractivity contribution >= 4 is 5.69 Å². The highest BCUT2D eigenvalue weighted by Crippen LogP contribution is 2.35. The molecule has 1 aromatic rings. The van der Waals surface area contributed by atoms with Gasteiger partial charge in [-0.25, -0.2) is 0 Å². The maximum absolute atomic E-state index is 10.7. The van der Waals surface area contributed by atoms with Crippen LogP contribution in [0.4, 0.5) is 5.69 Å². The molecule has 0 saturated carbocycles. The van der Waals surface area contributed by atoms with Crippen molar-refractivity contribution in [1.82, 2.24) is 0 Å². The molecular formula is C11H16N2O4. The van der Waals surface area contributed by atoms with E-state index in [2.05, 4.69) is 0 Å². The van der Waals surface area contributed by atoms with Gasteiger partial charge in [-0.2, -0.15) is 0 Å². The van der Waals surface area contributed by atoms with E-state index in [9.17, 15) is 20.3 Å². The fourth-order valence-electron chi connectivity index (χ4n) is 1.43. The van der Waals surface area contributed by atoms with Gasteiger partial charge in [-0.3, -0.25) is 10.1 Å². The van der Waals surface area contributed by atoms with Crippen molar-refractivity contribution in [1.29, 1.82) is 0 Å². The van der Waals surface area contributed by atoms with Gasteiger partial charge in [0, 0.05) is 24.1 Å². The second kappa shape index (κ2) is 4.68. The summed E-state index contributed by atoms with van der Waals surface area (Å²) in [6, 6.07) is 3.44. The van der Waals surface area contributed by atoms with Crippen molar-refractivity contribution < 1.29 is 15.1 Å². The maximum atomic E-state index is 10.7. The van der Waals surface area contributed by atoms with Crippen molar-refractivity contribution in [3.05, 3.63) is 33.9 Å². The standard InChI is InChI=1S/C11H16N2O4/c1-11(2,6-14)10(12)7-3-4-9(15)8(5-7)13(16)17/h3-5,10,14-15H,6,12H2,1-2H3/t10-/m1/s1. The number of aromatic hydroxyl groups is 1. The first-order chi connectivity index (χ1) is 7.79. The van der Waals surface area contributed by atoms with E-state index < -0.39 is 22.1 Å². The molecule has 4 N–H and O–H groups in total. The van der Waals surface area contributed by atoms with Crippen LogP contribution in [0.1, 0.15) is 25.5 Å². The third-order valence-corrected chi connectivity index (χ3v) is 2.80. The highest BCUT2D eigenvalue weighted by atomic mass is 16.6. The van der Waals surface area contributed by atoms with Crippen molar-refractivity contribution in [2.45, 2.75) is 19.9 Å². The van der Waals surface area contributed by atoms with Crippen LogP contribution < -0.4 is 5.73 Å². The summed E-state index contributed by atoms with van der Waals surface area (Å²) >= 11 is 0. The molecule has 1 atom stereocenters. The molecule has 0 bridgehead atoms. The minimum Gasteiger partial charge on any atom is -0.502 e. The number of benzene rings is 1. The highest BCUT2D eigenvalue weighted by molar-refractivity contribution is 5.48. The SMILES string of the molecule is CC(C)(CO)[C@H](N)c1ccc(O)c([N+](=O)[O-])c1. The van der Waals surface area contributed by atoms with Crippen LogP contribution in [0.3, 0.4) is 0 Å². The Hall–Kier alpha value is -1.66. The second-order valence-electron chi connectivity index (χ2n) is 4.63. The molecule has 94 valence electrons. The normalized spacial score (nSPS) is 13.4. The molecular weight excluding hydrogens is 224 g/mol. The van der Waals surface area contributed by atoms with Crippen molar-refractivity contribution in [2.24, 2.45) is 11.1 Å². The van der Waals surface area contributed by atoms with Crippen LogP contribution in [-0.2, 0) is 0 Å². The Morgan fingerprint density at radius 1 is 1.53 bits per heavy atom. The van der Waals surface area contributed by atoms with Crippen LogP contribution in [0.15, 0.2) is 18.2 Å². The van der Waals surface area contributed by atoms with E-state index in [0.717, 1.165) is 0 Å². The van der Waals surface area contributed by atoms with Crippen LogP contribution in [-0.4, -0.2) is 21.7 Å². The zero-order valence-electron chi connectivity index (χ0n) is 9.75. The average Bonchev–Trinajstić information content (AvgIpc) is 2.28. The number of rotatable bonds is 4. The van der Waals surface area contributed by atoms with E-state index in [1.165, 1.54) is 18.2 Å². The number of phenols is 1. The fourth-order valence-corrected chi connectivity index (χ4v) is 1.43. The third-order valence-electron chi connectivity index (χ3n) is 2.80. The van der Waals surface area contributed by atoms with Gasteiger partial charge in [-0.15, -0.1) is 0 Å². The minimum atomic E-state index is -0.669. The first kappa shape index (κ1) is 13.4. The zero-order chi connectivity index (χ0) is 13.2. The Bertz CT molecular complexity index is 431. The fraction of sp³-hybridized carbons (Fsp3) is 0.455. The number of nitrogens with zero attached hydrogens (tertiary/aromatic N) is 1. The monoisotopic (exact) mass is 240 g/mol. The van der Waals surface area contributed by atoms with Crippen LogP contribution in [0.5, 0.6) is 5.75 Å². The molecule has 0 saturated heterocycles. The predicted molar refractivity (Wildman–Crippen MR) is 62.6 cm³/mol. The lowest BCUT2D eigenvalue weighted by molar-refractivity contribution is -0.385. The van der Waals surface area contributed by atoms with Crippen LogP contribution in [0.2, 0.25) is 0 Å². The summed E-state index contributed by atoms with van der Waals surface area (Å²) in [5.74, 6) is -0.396. The van der Waals surface area contributed by atoms with Gasteiger partial charge in [0.1, 0.15) is 0 Å². The number of aliphatic hydroxyl groups is 1. The van der Waals surface area contributed by atoms with E-state index in [-0.39, 0.29) is 12.3 Å². The van der Waals surface area contributed by atoms with Gasteiger partial charge >= 0.3 is 5.69 Å². The molecule has 6 nitrogen and oxygen atoms in total. The maximum Gasteiger partial charge on any atom is 0.311 e. The molecule has 0 radical (unpaired) electrons. The first-order valence-corrected chi connectivity index (χ1v) is 5.13. The largest absolute Gasteiger partial charge is 0.502 e. The molecule has 0 heterocycles. The number of nitro groups is 1. The summed E-state index contributed by atoms with van der Waals surface area (Å²) in [6.45, 7) is 3.38. The summed E-state index contributed by atoms with van der Waals surface area (Å²) in [5, 5.41) is 29.2. The molecule has 6 heteroatoms. The van der Waals surface area contributed by atoms with Gasteiger partial charge in [-0.05, 0) is 11.6 Å². The van der Waals surface area contributed by atoms with Crippen molar-refractivity contribution in [3.8, 4) is 5.75 Å². The van der Waals surface area contributed by atoms with E-state index in [1.807, 2.05) is 0 Å². The molecule has 0 aliphatic heterocycles. The van der Waals surface area contributed by atoms with Gasteiger partial charge in [0.15, 0.2) is 5.75 Å². The van der Waals surface area contributed by atoms with Crippen molar-refractivity contribution in [3.63, 3.8) is 0 Å².